The van der Waals surface area contributed by atoms with Crippen LogP contribution in [0.25, 0.3) is 0 Å². The highest BCUT2D eigenvalue weighted by Gasteiger charge is 2.17. The average molecular weight is 333 g/mol. The fourth-order valence-electron chi connectivity index (χ4n) is 3.21. The van der Waals surface area contributed by atoms with Crippen molar-refractivity contribution in [1.29, 1.82) is 0 Å². The molecule has 2 aromatic rings. The van der Waals surface area contributed by atoms with E-state index in [1.807, 2.05) is 13.0 Å². The highest BCUT2D eigenvalue weighted by atomic mass is 79.9. The van der Waals surface area contributed by atoms with Crippen LogP contribution in [0.2, 0.25) is 0 Å². The zero-order chi connectivity index (χ0) is 13.9. The molecule has 0 N–H and O–H groups in total. The molecule has 0 spiro atoms. The van der Waals surface area contributed by atoms with Gasteiger partial charge in [0.1, 0.15) is 5.76 Å². The molecular formula is C18H21BrO. The smallest absolute Gasteiger partial charge is 0.105 e. The standard InChI is InChI=1S/C18H21BrO/c1-13-17(11-12-20-13)18(19)16-9-7-15(8-10-16)14-5-3-2-4-6-14/h7-12,14,18H,2-6H2,1H3. The van der Waals surface area contributed by atoms with E-state index in [0.29, 0.717) is 0 Å². The lowest BCUT2D eigenvalue weighted by atomic mass is 9.84. The second kappa shape index (κ2) is 6.17. The van der Waals surface area contributed by atoms with Gasteiger partial charge < -0.3 is 4.42 Å². The molecule has 1 aliphatic rings. The molecule has 1 aromatic heterocycles. The summed E-state index contributed by atoms with van der Waals surface area (Å²) in [6.07, 6.45) is 8.67. The minimum absolute atomic E-state index is 0.224. The van der Waals surface area contributed by atoms with Crippen LogP contribution in [0.1, 0.15) is 65.3 Å². The van der Waals surface area contributed by atoms with Crippen molar-refractivity contribution in [3.63, 3.8) is 0 Å². The molecule has 1 unspecified atom stereocenters. The Morgan fingerprint density at radius 2 is 1.75 bits per heavy atom. The van der Waals surface area contributed by atoms with E-state index in [1.165, 1.54) is 48.8 Å². The van der Waals surface area contributed by atoms with Gasteiger partial charge >= 0.3 is 0 Å². The third kappa shape index (κ3) is 2.85. The van der Waals surface area contributed by atoms with Crippen molar-refractivity contribution in [2.45, 2.75) is 49.8 Å². The zero-order valence-electron chi connectivity index (χ0n) is 11.9. The number of hydrogen-bond donors (Lipinski definition) is 0. The maximum atomic E-state index is 5.40. The van der Waals surface area contributed by atoms with Gasteiger partial charge in [-0.15, -0.1) is 0 Å². The summed E-state index contributed by atoms with van der Waals surface area (Å²) in [5.74, 6) is 1.77. The van der Waals surface area contributed by atoms with Crippen LogP contribution in [-0.4, -0.2) is 0 Å². The Bertz CT molecular complexity index is 549. The lowest BCUT2D eigenvalue weighted by Crippen LogP contribution is -2.04. The monoisotopic (exact) mass is 332 g/mol. The number of hydrogen-bond acceptors (Lipinski definition) is 1. The first kappa shape index (κ1) is 13.9. The van der Waals surface area contributed by atoms with Crippen molar-refractivity contribution in [2.75, 3.05) is 0 Å². The van der Waals surface area contributed by atoms with Gasteiger partial charge in [0.15, 0.2) is 0 Å². The molecule has 20 heavy (non-hydrogen) atoms. The lowest BCUT2D eigenvalue weighted by molar-refractivity contribution is 0.443. The summed E-state index contributed by atoms with van der Waals surface area (Å²) in [4.78, 5) is 0.224. The Morgan fingerprint density at radius 1 is 1.05 bits per heavy atom. The quantitative estimate of drug-likeness (QED) is 0.617. The van der Waals surface area contributed by atoms with Gasteiger partial charge in [-0.1, -0.05) is 59.5 Å². The molecule has 3 rings (SSSR count). The molecule has 1 saturated carbocycles. The van der Waals surface area contributed by atoms with Gasteiger partial charge in [0.25, 0.3) is 0 Å². The molecule has 1 aliphatic carbocycles. The van der Waals surface area contributed by atoms with Crippen molar-refractivity contribution >= 4 is 15.9 Å². The van der Waals surface area contributed by atoms with Crippen LogP contribution in [0.15, 0.2) is 41.0 Å². The Hall–Kier alpha value is -1.02. The maximum Gasteiger partial charge on any atom is 0.105 e. The SMILES string of the molecule is Cc1occc1C(Br)c1ccc(C2CCCCC2)cc1. The molecular weight excluding hydrogens is 312 g/mol. The Labute approximate surface area is 129 Å². The van der Waals surface area contributed by atoms with Crippen molar-refractivity contribution in [2.24, 2.45) is 0 Å². The van der Waals surface area contributed by atoms with E-state index in [0.717, 1.165) is 11.7 Å². The summed E-state index contributed by atoms with van der Waals surface area (Å²) < 4.78 is 5.40. The largest absolute Gasteiger partial charge is 0.469 e. The molecule has 0 amide bonds. The first-order valence-corrected chi connectivity index (χ1v) is 8.45. The number of rotatable bonds is 3. The van der Waals surface area contributed by atoms with Gasteiger partial charge in [-0.25, -0.2) is 0 Å². The summed E-state index contributed by atoms with van der Waals surface area (Å²) >= 11 is 3.78. The molecule has 0 aliphatic heterocycles. The first-order chi connectivity index (χ1) is 9.75. The number of halogens is 1. The van der Waals surface area contributed by atoms with Crippen molar-refractivity contribution in [1.82, 2.24) is 0 Å². The highest BCUT2D eigenvalue weighted by Crippen LogP contribution is 2.36. The van der Waals surface area contributed by atoms with Crippen molar-refractivity contribution in [3.8, 4) is 0 Å². The third-order valence-electron chi connectivity index (χ3n) is 4.48. The Morgan fingerprint density at radius 3 is 2.35 bits per heavy atom. The normalized spacial score (nSPS) is 18.1. The van der Waals surface area contributed by atoms with E-state index in [9.17, 15) is 0 Å². The van der Waals surface area contributed by atoms with Crippen molar-refractivity contribution < 1.29 is 4.42 Å². The predicted octanol–water partition coefficient (Wildman–Crippen LogP) is 6.12. The van der Waals surface area contributed by atoms with Crippen LogP contribution in [0.3, 0.4) is 0 Å². The molecule has 1 aromatic carbocycles. The van der Waals surface area contributed by atoms with Crippen LogP contribution in [0, 0.1) is 6.92 Å². The lowest BCUT2D eigenvalue weighted by Gasteiger charge is -2.22. The third-order valence-corrected chi connectivity index (χ3v) is 5.50. The van der Waals surface area contributed by atoms with Crippen LogP contribution >= 0.6 is 15.9 Å². The molecule has 0 bridgehead atoms. The van der Waals surface area contributed by atoms with Crippen LogP contribution in [0.5, 0.6) is 0 Å². The summed E-state index contributed by atoms with van der Waals surface area (Å²) in [5.41, 5.74) is 4.03. The Balaban J connectivity index is 1.77. The van der Waals surface area contributed by atoms with E-state index >= 15 is 0 Å². The van der Waals surface area contributed by atoms with E-state index in [2.05, 4.69) is 40.2 Å². The number of alkyl halides is 1. The predicted molar refractivity (Wildman–Crippen MR) is 86.5 cm³/mol. The second-order valence-corrected chi connectivity index (χ2v) is 6.71. The van der Waals surface area contributed by atoms with Crippen LogP contribution < -0.4 is 0 Å². The highest BCUT2D eigenvalue weighted by molar-refractivity contribution is 9.09. The summed E-state index contributed by atoms with van der Waals surface area (Å²) in [6, 6.07) is 11.2. The van der Waals surface area contributed by atoms with E-state index < -0.39 is 0 Å². The minimum atomic E-state index is 0.224. The van der Waals surface area contributed by atoms with Gasteiger partial charge in [-0.3, -0.25) is 0 Å². The second-order valence-electron chi connectivity index (χ2n) is 5.80. The van der Waals surface area contributed by atoms with Gasteiger partial charge in [0.2, 0.25) is 0 Å². The molecule has 0 radical (unpaired) electrons. The molecule has 1 nitrogen and oxygen atoms in total. The fraction of sp³-hybridized carbons (Fsp3) is 0.444. The van der Waals surface area contributed by atoms with Crippen LogP contribution in [-0.2, 0) is 0 Å². The molecule has 106 valence electrons. The number of benzene rings is 1. The van der Waals surface area contributed by atoms with E-state index in [4.69, 9.17) is 4.42 Å². The molecule has 1 fully saturated rings. The van der Waals surface area contributed by atoms with Gasteiger partial charge in [0.05, 0.1) is 11.1 Å². The average Bonchev–Trinajstić information content (AvgIpc) is 2.94. The number of furan rings is 1. The molecule has 1 heterocycles. The first-order valence-electron chi connectivity index (χ1n) is 7.53. The minimum Gasteiger partial charge on any atom is -0.469 e. The Kier molecular flexibility index (Phi) is 4.30. The zero-order valence-corrected chi connectivity index (χ0v) is 13.5. The van der Waals surface area contributed by atoms with E-state index in [1.54, 1.807) is 6.26 Å². The van der Waals surface area contributed by atoms with E-state index in [-0.39, 0.29) is 4.83 Å². The molecule has 0 saturated heterocycles. The van der Waals surface area contributed by atoms with Gasteiger partial charge in [-0.05, 0) is 42.9 Å². The van der Waals surface area contributed by atoms with Gasteiger partial charge in [-0.2, -0.15) is 0 Å². The fourth-order valence-corrected chi connectivity index (χ4v) is 3.99. The van der Waals surface area contributed by atoms with Crippen LogP contribution in [0.4, 0.5) is 0 Å². The van der Waals surface area contributed by atoms with Gasteiger partial charge in [0, 0.05) is 5.56 Å². The summed E-state index contributed by atoms with van der Waals surface area (Å²) in [7, 11) is 0. The summed E-state index contributed by atoms with van der Waals surface area (Å²) in [5, 5.41) is 0. The summed E-state index contributed by atoms with van der Waals surface area (Å²) in [6.45, 7) is 2.01. The number of aryl methyl sites for hydroxylation is 1. The van der Waals surface area contributed by atoms with Crippen molar-refractivity contribution in [3.05, 3.63) is 59.0 Å². The maximum absolute atomic E-state index is 5.40. The molecule has 1 atom stereocenters. The topological polar surface area (TPSA) is 13.1 Å². The molecule has 2 heteroatoms.